The Morgan fingerprint density at radius 2 is 1.71 bits per heavy atom. The van der Waals surface area contributed by atoms with E-state index in [-0.39, 0.29) is 28.6 Å². The number of halogens is 4. The van der Waals surface area contributed by atoms with Crippen molar-refractivity contribution in [2.45, 2.75) is 45.4 Å². The van der Waals surface area contributed by atoms with Crippen molar-refractivity contribution in [3.8, 4) is 17.2 Å². The highest BCUT2D eigenvalue weighted by molar-refractivity contribution is 5.99. The molecule has 0 saturated heterocycles. The average molecular weight is 532 g/mol. The summed E-state index contributed by atoms with van der Waals surface area (Å²) in [7, 11) is 0. The van der Waals surface area contributed by atoms with Gasteiger partial charge in [-0.15, -0.1) is 13.2 Å². The van der Waals surface area contributed by atoms with Crippen molar-refractivity contribution in [3.05, 3.63) is 71.8 Å². The lowest BCUT2D eigenvalue weighted by molar-refractivity contribution is -0.274. The van der Waals surface area contributed by atoms with E-state index in [2.05, 4.69) is 20.4 Å². The van der Waals surface area contributed by atoms with Gasteiger partial charge in [-0.2, -0.15) is 0 Å². The number of carbonyl (C=O) groups excluding carboxylic acids is 2. The van der Waals surface area contributed by atoms with Gasteiger partial charge in [-0.1, -0.05) is 6.07 Å². The number of nitrogens with zero attached hydrogens (tertiary/aromatic N) is 1. The van der Waals surface area contributed by atoms with Crippen LogP contribution in [0.5, 0.6) is 17.2 Å². The number of rotatable bonds is 10. The van der Waals surface area contributed by atoms with E-state index in [4.69, 9.17) is 4.74 Å². The molecule has 1 saturated carbocycles. The summed E-state index contributed by atoms with van der Waals surface area (Å²) in [6.45, 7) is 1.43. The van der Waals surface area contributed by atoms with Gasteiger partial charge in [0.25, 0.3) is 0 Å². The summed E-state index contributed by atoms with van der Waals surface area (Å²) in [6, 6.07) is 10.1. The normalized spacial score (nSPS) is 13.1. The molecule has 0 aliphatic heterocycles. The zero-order valence-electron chi connectivity index (χ0n) is 20.4. The average Bonchev–Trinajstić information content (AvgIpc) is 3.68. The highest BCUT2D eigenvalue weighted by Crippen LogP contribution is 2.32. The third-order valence-corrected chi connectivity index (χ3v) is 5.77. The van der Waals surface area contributed by atoms with Gasteiger partial charge in [0, 0.05) is 53.8 Å². The fraction of sp³-hybridized carbons (Fsp3) is 0.296. The van der Waals surface area contributed by atoms with Crippen LogP contribution in [0.3, 0.4) is 0 Å². The fourth-order valence-electron chi connectivity index (χ4n) is 3.70. The number of anilines is 2. The summed E-state index contributed by atoms with van der Waals surface area (Å²) in [5, 5.41) is 4.79. The number of carbonyl (C=O) groups is 2. The maximum atomic E-state index is 14.7. The predicted octanol–water partition coefficient (Wildman–Crippen LogP) is 7.17. The van der Waals surface area contributed by atoms with Crippen LogP contribution >= 0.6 is 0 Å². The lowest BCUT2D eigenvalue weighted by Gasteiger charge is -2.14. The van der Waals surface area contributed by atoms with Crippen LogP contribution < -0.4 is 20.1 Å². The summed E-state index contributed by atoms with van der Waals surface area (Å²) < 4.78 is 61.9. The zero-order chi connectivity index (χ0) is 27.3. The van der Waals surface area contributed by atoms with E-state index in [1.165, 1.54) is 31.2 Å². The first-order valence-electron chi connectivity index (χ1n) is 12.0. The first-order chi connectivity index (χ1) is 18.1. The van der Waals surface area contributed by atoms with Gasteiger partial charge in [-0.05, 0) is 62.4 Å². The lowest BCUT2D eigenvalue weighted by Crippen LogP contribution is -2.20. The largest absolute Gasteiger partial charge is 0.573 e. The minimum atomic E-state index is -4.87. The number of aromatic nitrogens is 1. The number of hydrogen-bond donors (Lipinski definition) is 2. The van der Waals surface area contributed by atoms with Crippen LogP contribution in [-0.4, -0.2) is 23.2 Å². The van der Waals surface area contributed by atoms with Crippen LogP contribution in [0.15, 0.2) is 54.7 Å². The van der Waals surface area contributed by atoms with Crippen LogP contribution in [0.4, 0.5) is 33.7 Å². The van der Waals surface area contributed by atoms with Gasteiger partial charge in [0.15, 0.2) is 11.6 Å². The number of urea groups is 1. The van der Waals surface area contributed by atoms with Gasteiger partial charge in [0.05, 0.1) is 0 Å². The fourth-order valence-corrected chi connectivity index (χ4v) is 3.70. The number of ketones is 1. The lowest BCUT2D eigenvalue weighted by atomic mass is 10.1. The second kappa shape index (κ2) is 11.5. The molecular formula is C27H25F4N3O4. The molecule has 38 heavy (non-hydrogen) atoms. The summed E-state index contributed by atoms with van der Waals surface area (Å²) in [6.07, 6.45) is 0.435. The number of aryl methyl sites for hydroxylation is 2. The molecule has 1 fully saturated rings. The van der Waals surface area contributed by atoms with Gasteiger partial charge < -0.3 is 20.1 Å². The monoisotopic (exact) mass is 531 g/mol. The molecule has 0 radical (unpaired) electrons. The van der Waals surface area contributed by atoms with E-state index in [9.17, 15) is 27.2 Å². The van der Waals surface area contributed by atoms with Crippen molar-refractivity contribution >= 4 is 23.2 Å². The summed E-state index contributed by atoms with van der Waals surface area (Å²) in [5.41, 5.74) is 1.11. The topological polar surface area (TPSA) is 89.5 Å². The van der Waals surface area contributed by atoms with Crippen LogP contribution in [-0.2, 0) is 11.2 Å². The van der Waals surface area contributed by atoms with Gasteiger partial charge in [0.2, 0.25) is 0 Å². The number of benzene rings is 2. The molecule has 0 atom stereocenters. The smallest absolute Gasteiger partial charge is 0.454 e. The third-order valence-electron chi connectivity index (χ3n) is 5.77. The van der Waals surface area contributed by atoms with E-state index < -0.39 is 24.0 Å². The van der Waals surface area contributed by atoms with E-state index in [1.54, 1.807) is 18.3 Å². The van der Waals surface area contributed by atoms with Crippen molar-refractivity contribution in [1.82, 2.24) is 4.98 Å². The molecule has 4 rings (SSSR count). The molecule has 1 heterocycles. The van der Waals surface area contributed by atoms with Crippen molar-refractivity contribution in [2.24, 2.45) is 5.92 Å². The molecule has 1 aliphatic carbocycles. The van der Waals surface area contributed by atoms with Crippen LogP contribution in [0.2, 0.25) is 0 Å². The van der Waals surface area contributed by atoms with E-state index >= 15 is 0 Å². The van der Waals surface area contributed by atoms with Crippen molar-refractivity contribution < 1.29 is 36.6 Å². The maximum absolute atomic E-state index is 14.7. The minimum absolute atomic E-state index is 0.0539. The molecule has 2 aromatic carbocycles. The Morgan fingerprint density at radius 1 is 1.00 bits per heavy atom. The molecule has 2 amide bonds. The standard InChI is InChI=1S/C27H25F4N3O4/c1-16-5-8-20(15-25(16)38-27(29,30)31)34-26(36)33-19-9-10-24(22(28)14-19)37-21-11-12-32-18(13-21)3-2-4-23(35)17-6-7-17/h5,8-15,17H,2-4,6-7H2,1H3,(H2,33,34,36). The third kappa shape index (κ3) is 7.92. The van der Waals surface area contributed by atoms with Crippen LogP contribution in [0, 0.1) is 18.7 Å². The number of nitrogens with one attached hydrogen (secondary N) is 2. The quantitative estimate of drug-likeness (QED) is 0.271. The molecule has 1 aliphatic rings. The number of pyridine rings is 1. The van der Waals surface area contributed by atoms with Gasteiger partial charge in [0.1, 0.15) is 17.3 Å². The second-order valence-electron chi connectivity index (χ2n) is 8.93. The SMILES string of the molecule is Cc1ccc(NC(=O)Nc2ccc(Oc3ccnc(CCCC(=O)C4CC4)c3)c(F)c2)cc1OC(F)(F)F. The molecule has 0 bridgehead atoms. The number of amides is 2. The molecule has 7 nitrogen and oxygen atoms in total. The first-order valence-corrected chi connectivity index (χ1v) is 12.0. The Morgan fingerprint density at radius 3 is 2.39 bits per heavy atom. The highest BCUT2D eigenvalue weighted by Gasteiger charge is 2.32. The van der Waals surface area contributed by atoms with E-state index in [0.29, 0.717) is 30.8 Å². The molecule has 3 aromatic rings. The summed E-state index contributed by atoms with van der Waals surface area (Å²) in [5.74, 6) is -0.374. The van der Waals surface area contributed by atoms with Crippen molar-refractivity contribution in [2.75, 3.05) is 10.6 Å². The molecule has 1 aromatic heterocycles. The van der Waals surface area contributed by atoms with Gasteiger partial charge in [-0.3, -0.25) is 9.78 Å². The van der Waals surface area contributed by atoms with Gasteiger partial charge >= 0.3 is 12.4 Å². The number of hydrogen-bond acceptors (Lipinski definition) is 5. The van der Waals surface area contributed by atoms with E-state index in [1.807, 2.05) is 0 Å². The van der Waals surface area contributed by atoms with Crippen molar-refractivity contribution in [3.63, 3.8) is 0 Å². The minimum Gasteiger partial charge on any atom is -0.454 e. The summed E-state index contributed by atoms with van der Waals surface area (Å²) >= 11 is 0. The number of Topliss-reactive ketones (excluding diaryl/α,β-unsaturated/α-hetero) is 1. The molecule has 11 heteroatoms. The molecule has 200 valence electrons. The van der Waals surface area contributed by atoms with Crippen molar-refractivity contribution in [1.29, 1.82) is 0 Å². The zero-order valence-corrected chi connectivity index (χ0v) is 20.4. The van der Waals surface area contributed by atoms with E-state index in [0.717, 1.165) is 30.7 Å². The predicted molar refractivity (Wildman–Crippen MR) is 132 cm³/mol. The Labute approximate surface area is 216 Å². The molecule has 0 spiro atoms. The molecule has 0 unspecified atom stereocenters. The highest BCUT2D eigenvalue weighted by atomic mass is 19.4. The Kier molecular flexibility index (Phi) is 8.13. The Hall–Kier alpha value is -4.15. The van der Waals surface area contributed by atoms with Crippen LogP contribution in [0.1, 0.15) is 36.9 Å². The first kappa shape index (κ1) is 26.9. The van der Waals surface area contributed by atoms with Gasteiger partial charge in [-0.25, -0.2) is 9.18 Å². The second-order valence-corrected chi connectivity index (χ2v) is 8.93. The Balaban J connectivity index is 1.32. The molecule has 2 N–H and O–H groups in total. The number of ether oxygens (including phenoxy) is 2. The van der Waals surface area contributed by atoms with Crippen LogP contribution in [0.25, 0.3) is 0 Å². The Bertz CT molecular complexity index is 1330. The summed E-state index contributed by atoms with van der Waals surface area (Å²) in [4.78, 5) is 28.4. The number of alkyl halides is 3. The maximum Gasteiger partial charge on any atom is 0.573 e. The molecular weight excluding hydrogens is 506 g/mol.